The summed E-state index contributed by atoms with van der Waals surface area (Å²) in [6, 6.07) is 3.64. The number of hydrogen-bond acceptors (Lipinski definition) is 7. The third-order valence-electron chi connectivity index (χ3n) is 4.64. The Morgan fingerprint density at radius 1 is 1.11 bits per heavy atom. The van der Waals surface area contributed by atoms with Gasteiger partial charge in [0, 0.05) is 23.3 Å². The van der Waals surface area contributed by atoms with E-state index in [1.165, 1.54) is 13.2 Å². The predicted octanol–water partition coefficient (Wildman–Crippen LogP) is 3.73. The number of rotatable bonds is 4. The smallest absolute Gasteiger partial charge is 0.174 e. The third kappa shape index (κ3) is 3.43. The molecule has 3 rings (SSSR count). The Balaban J connectivity index is 2.11. The topological polar surface area (TPSA) is 116 Å². The number of Topliss-reactive ketones (excluding diaryl/α,β-unsaturated/α-hetero) is 1. The van der Waals surface area contributed by atoms with Crippen molar-refractivity contribution in [1.29, 1.82) is 0 Å². The van der Waals surface area contributed by atoms with Gasteiger partial charge >= 0.3 is 0 Å². The monoisotopic (exact) mass is 386 g/mol. The first-order valence-corrected chi connectivity index (χ1v) is 8.73. The summed E-state index contributed by atoms with van der Waals surface area (Å²) in [6.45, 7) is 3.80. The molecule has 2 aromatic rings. The third-order valence-corrected chi connectivity index (χ3v) is 4.64. The van der Waals surface area contributed by atoms with Crippen LogP contribution in [-0.4, -0.2) is 33.3 Å². The predicted molar refractivity (Wildman–Crippen MR) is 102 cm³/mol. The number of methoxy groups -OCH3 is 1. The van der Waals surface area contributed by atoms with Gasteiger partial charge < -0.3 is 29.9 Å². The lowest BCUT2D eigenvalue weighted by Crippen LogP contribution is -2.22. The maximum atomic E-state index is 12.7. The summed E-state index contributed by atoms with van der Waals surface area (Å²) in [5.41, 5.74) is 1.65. The number of allylic oxidation sites excluding steroid dienone is 2. The average molecular weight is 386 g/mol. The average Bonchev–Trinajstić information content (AvgIpc) is 2.60. The molecular formula is C21H22O7. The summed E-state index contributed by atoms with van der Waals surface area (Å²) < 4.78 is 11.0. The van der Waals surface area contributed by atoms with Crippen molar-refractivity contribution in [3.8, 4) is 34.5 Å². The molecule has 0 bridgehead atoms. The van der Waals surface area contributed by atoms with E-state index < -0.39 is 6.10 Å². The SMILES string of the molecule is COc1cc(C2CC(=O)c3c(O)cc(O)c(CC=C(C)C)c3O2)c(O)cc1O. The van der Waals surface area contributed by atoms with E-state index in [-0.39, 0.29) is 57.8 Å². The van der Waals surface area contributed by atoms with E-state index in [4.69, 9.17) is 9.47 Å². The fraction of sp³-hybridized carbons (Fsp3) is 0.286. The lowest BCUT2D eigenvalue weighted by Gasteiger charge is -2.28. The minimum atomic E-state index is -0.874. The number of fused-ring (bicyclic) bond motifs is 1. The molecule has 1 atom stereocenters. The van der Waals surface area contributed by atoms with Crippen LogP contribution in [0.5, 0.6) is 34.5 Å². The Hall–Kier alpha value is -3.35. The standard InChI is InChI=1S/C21H22O7/c1-10(2)4-5-11-13(22)8-16(25)20-17(26)9-18(28-21(11)20)12-6-19(27-3)15(24)7-14(12)23/h4,6-8,18,22-25H,5,9H2,1-3H3. The van der Waals surface area contributed by atoms with E-state index in [9.17, 15) is 25.2 Å². The number of phenols is 4. The fourth-order valence-electron chi connectivity index (χ4n) is 3.20. The molecule has 0 radical (unpaired) electrons. The van der Waals surface area contributed by atoms with Gasteiger partial charge in [0.2, 0.25) is 0 Å². The van der Waals surface area contributed by atoms with Crippen LogP contribution in [0.15, 0.2) is 29.8 Å². The molecule has 0 saturated heterocycles. The van der Waals surface area contributed by atoms with Gasteiger partial charge in [-0.15, -0.1) is 0 Å². The molecule has 4 N–H and O–H groups in total. The van der Waals surface area contributed by atoms with Gasteiger partial charge in [0.25, 0.3) is 0 Å². The number of hydrogen-bond donors (Lipinski definition) is 4. The van der Waals surface area contributed by atoms with Crippen LogP contribution in [0, 0.1) is 0 Å². The van der Waals surface area contributed by atoms with Crippen molar-refractivity contribution in [2.45, 2.75) is 32.8 Å². The highest BCUT2D eigenvalue weighted by molar-refractivity contribution is 6.03. The van der Waals surface area contributed by atoms with Crippen molar-refractivity contribution in [2.24, 2.45) is 0 Å². The number of aromatic hydroxyl groups is 4. The van der Waals surface area contributed by atoms with Gasteiger partial charge in [-0.2, -0.15) is 0 Å². The van der Waals surface area contributed by atoms with Crippen molar-refractivity contribution in [3.05, 3.63) is 46.5 Å². The molecule has 1 heterocycles. The second kappa shape index (κ2) is 7.34. The normalized spacial score (nSPS) is 15.5. The maximum absolute atomic E-state index is 12.7. The van der Waals surface area contributed by atoms with E-state index in [0.29, 0.717) is 12.0 Å². The first-order chi connectivity index (χ1) is 13.2. The Morgan fingerprint density at radius 2 is 1.79 bits per heavy atom. The number of phenolic OH excluding ortho intramolecular Hbond substituents is 4. The van der Waals surface area contributed by atoms with Crippen LogP contribution in [-0.2, 0) is 6.42 Å². The lowest BCUT2D eigenvalue weighted by molar-refractivity contribution is 0.0839. The molecule has 0 saturated carbocycles. The zero-order chi connectivity index (χ0) is 20.6. The molecule has 1 aliphatic heterocycles. The molecule has 7 nitrogen and oxygen atoms in total. The zero-order valence-corrected chi connectivity index (χ0v) is 15.8. The Bertz CT molecular complexity index is 971. The Morgan fingerprint density at radius 3 is 2.43 bits per heavy atom. The van der Waals surface area contributed by atoms with Gasteiger partial charge in [-0.05, 0) is 26.3 Å². The van der Waals surface area contributed by atoms with Crippen LogP contribution in [0.3, 0.4) is 0 Å². The molecule has 28 heavy (non-hydrogen) atoms. The summed E-state index contributed by atoms with van der Waals surface area (Å²) in [5.74, 6) is -1.21. The first-order valence-electron chi connectivity index (χ1n) is 8.73. The van der Waals surface area contributed by atoms with Gasteiger partial charge in [0.05, 0.1) is 13.5 Å². The second-order valence-corrected chi connectivity index (χ2v) is 6.90. The van der Waals surface area contributed by atoms with Gasteiger partial charge in [0.15, 0.2) is 17.3 Å². The quantitative estimate of drug-likeness (QED) is 0.592. The molecule has 1 aliphatic rings. The van der Waals surface area contributed by atoms with Crippen molar-refractivity contribution < 1.29 is 34.7 Å². The molecule has 0 fully saturated rings. The van der Waals surface area contributed by atoms with E-state index >= 15 is 0 Å². The van der Waals surface area contributed by atoms with Crippen molar-refractivity contribution in [1.82, 2.24) is 0 Å². The largest absolute Gasteiger partial charge is 0.507 e. The maximum Gasteiger partial charge on any atom is 0.174 e. The molecule has 0 amide bonds. The summed E-state index contributed by atoms with van der Waals surface area (Å²) in [7, 11) is 1.37. The van der Waals surface area contributed by atoms with Crippen molar-refractivity contribution >= 4 is 5.78 Å². The van der Waals surface area contributed by atoms with Crippen LogP contribution < -0.4 is 9.47 Å². The van der Waals surface area contributed by atoms with Crippen molar-refractivity contribution in [2.75, 3.05) is 7.11 Å². The lowest BCUT2D eigenvalue weighted by atomic mass is 9.92. The van der Waals surface area contributed by atoms with Crippen molar-refractivity contribution in [3.63, 3.8) is 0 Å². The van der Waals surface area contributed by atoms with E-state index in [1.807, 2.05) is 19.9 Å². The molecule has 0 aromatic heterocycles. The summed E-state index contributed by atoms with van der Waals surface area (Å²) in [5, 5.41) is 40.5. The fourth-order valence-corrected chi connectivity index (χ4v) is 3.20. The highest BCUT2D eigenvalue weighted by Crippen LogP contribution is 2.47. The number of ether oxygens (including phenoxy) is 2. The van der Waals surface area contributed by atoms with Gasteiger partial charge in [0.1, 0.15) is 34.7 Å². The number of carbonyl (C=O) groups excluding carboxylic acids is 1. The minimum Gasteiger partial charge on any atom is -0.507 e. The number of benzene rings is 2. The van der Waals surface area contributed by atoms with Gasteiger partial charge in [-0.25, -0.2) is 0 Å². The molecule has 7 heteroatoms. The number of carbonyl (C=O) groups is 1. The number of ketones is 1. The zero-order valence-electron chi connectivity index (χ0n) is 15.8. The second-order valence-electron chi connectivity index (χ2n) is 6.90. The van der Waals surface area contributed by atoms with Crippen LogP contribution >= 0.6 is 0 Å². The Kier molecular flexibility index (Phi) is 5.09. The molecule has 0 aliphatic carbocycles. The van der Waals surface area contributed by atoms with Gasteiger partial charge in [-0.3, -0.25) is 4.79 Å². The molecule has 1 unspecified atom stereocenters. The molecule has 2 aromatic carbocycles. The minimum absolute atomic E-state index is 0.0106. The first kappa shape index (κ1) is 19.4. The molecule has 148 valence electrons. The summed E-state index contributed by atoms with van der Waals surface area (Å²) in [4.78, 5) is 12.7. The van der Waals surface area contributed by atoms with E-state index in [0.717, 1.165) is 17.7 Å². The van der Waals surface area contributed by atoms with Gasteiger partial charge in [-0.1, -0.05) is 11.6 Å². The summed E-state index contributed by atoms with van der Waals surface area (Å²) >= 11 is 0. The van der Waals surface area contributed by atoms with Crippen LogP contribution in [0.2, 0.25) is 0 Å². The highest BCUT2D eigenvalue weighted by Gasteiger charge is 2.35. The molecule has 0 spiro atoms. The van der Waals surface area contributed by atoms with E-state index in [1.54, 1.807) is 0 Å². The van der Waals surface area contributed by atoms with Crippen LogP contribution in [0.1, 0.15) is 47.9 Å². The summed E-state index contributed by atoms with van der Waals surface area (Å²) in [6.07, 6.45) is 1.17. The Labute approximate surface area is 162 Å². The van der Waals surface area contributed by atoms with Crippen LogP contribution in [0.25, 0.3) is 0 Å². The highest BCUT2D eigenvalue weighted by atomic mass is 16.5. The van der Waals surface area contributed by atoms with Crippen LogP contribution in [0.4, 0.5) is 0 Å². The molecular weight excluding hydrogens is 364 g/mol. The van der Waals surface area contributed by atoms with E-state index in [2.05, 4.69) is 0 Å².